The Hall–Kier alpha value is -2.21. The van der Waals surface area contributed by atoms with Crippen LogP contribution in [0.2, 0.25) is 0 Å². The number of nitrogens with two attached hydrogens (primary N) is 1. The molecule has 106 valence electrons. The van der Waals surface area contributed by atoms with Crippen LogP contribution < -0.4 is 15.2 Å². The largest absolute Gasteiger partial charge is 0.495 e. The van der Waals surface area contributed by atoms with E-state index in [4.69, 9.17) is 10.5 Å². The van der Waals surface area contributed by atoms with Crippen LogP contribution in [0.3, 0.4) is 0 Å². The summed E-state index contributed by atoms with van der Waals surface area (Å²) in [6.07, 6.45) is 0. The third kappa shape index (κ3) is 2.85. The van der Waals surface area contributed by atoms with Gasteiger partial charge in [0.05, 0.1) is 23.4 Å². The average molecular weight is 292 g/mol. The summed E-state index contributed by atoms with van der Waals surface area (Å²) >= 11 is 0. The van der Waals surface area contributed by atoms with Crippen molar-refractivity contribution in [3.63, 3.8) is 0 Å². The highest BCUT2D eigenvalue weighted by Gasteiger charge is 2.16. The highest BCUT2D eigenvalue weighted by atomic mass is 32.2. The number of hydrogen-bond donors (Lipinski definition) is 2. The van der Waals surface area contributed by atoms with E-state index in [1.54, 1.807) is 12.1 Å². The number of anilines is 2. The molecule has 5 nitrogen and oxygen atoms in total. The first kappa shape index (κ1) is 14.2. The molecule has 0 heterocycles. The second-order valence-electron chi connectivity index (χ2n) is 4.32. The van der Waals surface area contributed by atoms with E-state index < -0.39 is 10.0 Å². The first-order valence-electron chi connectivity index (χ1n) is 5.96. The van der Waals surface area contributed by atoms with Crippen molar-refractivity contribution in [2.75, 3.05) is 17.6 Å². The molecule has 2 aromatic rings. The molecule has 0 atom stereocenters. The summed E-state index contributed by atoms with van der Waals surface area (Å²) in [4.78, 5) is 0.104. The molecule has 0 bridgehead atoms. The molecule has 6 heteroatoms. The van der Waals surface area contributed by atoms with Gasteiger partial charge < -0.3 is 10.5 Å². The van der Waals surface area contributed by atoms with Crippen molar-refractivity contribution in [3.8, 4) is 5.75 Å². The summed E-state index contributed by atoms with van der Waals surface area (Å²) < 4.78 is 32.2. The lowest BCUT2D eigenvalue weighted by Gasteiger charge is -2.12. The van der Waals surface area contributed by atoms with Gasteiger partial charge in [-0.3, -0.25) is 4.72 Å². The van der Waals surface area contributed by atoms with Gasteiger partial charge in [0.15, 0.2) is 0 Å². The minimum Gasteiger partial charge on any atom is -0.495 e. The van der Waals surface area contributed by atoms with Crippen molar-refractivity contribution in [1.82, 2.24) is 0 Å². The number of ether oxygens (including phenoxy) is 1. The third-order valence-electron chi connectivity index (χ3n) is 2.90. The maximum atomic E-state index is 12.3. The van der Waals surface area contributed by atoms with Gasteiger partial charge in [0.2, 0.25) is 0 Å². The second-order valence-corrected chi connectivity index (χ2v) is 6.01. The van der Waals surface area contributed by atoms with Gasteiger partial charge in [-0.25, -0.2) is 8.42 Å². The highest BCUT2D eigenvalue weighted by Crippen LogP contribution is 2.26. The predicted molar refractivity (Wildman–Crippen MR) is 79.4 cm³/mol. The Morgan fingerprint density at radius 3 is 2.50 bits per heavy atom. The van der Waals surface area contributed by atoms with Crippen LogP contribution in [0.5, 0.6) is 5.75 Å². The fraction of sp³-hybridized carbons (Fsp3) is 0.143. The van der Waals surface area contributed by atoms with Crippen molar-refractivity contribution in [2.24, 2.45) is 0 Å². The van der Waals surface area contributed by atoms with E-state index in [1.165, 1.54) is 25.3 Å². The van der Waals surface area contributed by atoms with Gasteiger partial charge in [-0.05, 0) is 30.7 Å². The van der Waals surface area contributed by atoms with E-state index in [0.717, 1.165) is 5.56 Å². The van der Waals surface area contributed by atoms with Gasteiger partial charge >= 0.3 is 0 Å². The molecule has 0 amide bonds. The van der Waals surface area contributed by atoms with Gasteiger partial charge in [-0.15, -0.1) is 0 Å². The Morgan fingerprint density at radius 1 is 1.15 bits per heavy atom. The monoisotopic (exact) mass is 292 g/mol. The van der Waals surface area contributed by atoms with Gasteiger partial charge in [-0.2, -0.15) is 0 Å². The molecule has 0 saturated heterocycles. The van der Waals surface area contributed by atoms with E-state index in [-0.39, 0.29) is 4.90 Å². The SMILES string of the molecule is COc1cc(S(=O)(=O)Nc2ccccc2C)ccc1N. The Kier molecular flexibility index (Phi) is 3.85. The van der Waals surface area contributed by atoms with Crippen LogP contribution in [-0.4, -0.2) is 15.5 Å². The predicted octanol–water partition coefficient (Wildman–Crippen LogP) is 2.39. The number of rotatable bonds is 4. The normalized spacial score (nSPS) is 11.1. The zero-order valence-corrected chi connectivity index (χ0v) is 12.1. The molecule has 3 N–H and O–H groups in total. The van der Waals surface area contributed by atoms with Crippen LogP contribution in [0.1, 0.15) is 5.56 Å². The maximum absolute atomic E-state index is 12.3. The van der Waals surface area contributed by atoms with Crippen molar-refractivity contribution in [1.29, 1.82) is 0 Å². The number of nitrogen functional groups attached to an aromatic ring is 1. The summed E-state index contributed by atoms with van der Waals surface area (Å²) in [6.45, 7) is 1.83. The quantitative estimate of drug-likeness (QED) is 0.848. The minimum absolute atomic E-state index is 0.104. The molecule has 0 saturated carbocycles. The first-order valence-corrected chi connectivity index (χ1v) is 7.44. The number of aryl methyl sites for hydroxylation is 1. The molecule has 0 spiro atoms. The van der Waals surface area contributed by atoms with E-state index in [0.29, 0.717) is 17.1 Å². The molecular formula is C14H16N2O3S. The highest BCUT2D eigenvalue weighted by molar-refractivity contribution is 7.92. The van der Waals surface area contributed by atoms with Crippen molar-refractivity contribution >= 4 is 21.4 Å². The molecule has 0 aliphatic carbocycles. The summed E-state index contributed by atoms with van der Waals surface area (Å²) in [7, 11) is -2.23. The fourth-order valence-electron chi connectivity index (χ4n) is 1.75. The summed E-state index contributed by atoms with van der Waals surface area (Å²) in [5.41, 5.74) is 7.46. The van der Waals surface area contributed by atoms with Crippen LogP contribution in [0.4, 0.5) is 11.4 Å². The number of methoxy groups -OCH3 is 1. The number of nitrogens with one attached hydrogen (secondary N) is 1. The summed E-state index contributed by atoms with van der Waals surface area (Å²) in [5.74, 6) is 0.331. The number of para-hydroxylation sites is 1. The lowest BCUT2D eigenvalue weighted by Crippen LogP contribution is -2.14. The molecular weight excluding hydrogens is 276 g/mol. The maximum Gasteiger partial charge on any atom is 0.262 e. The molecule has 2 aromatic carbocycles. The number of benzene rings is 2. The smallest absolute Gasteiger partial charge is 0.262 e. The Labute approximate surface area is 118 Å². The van der Waals surface area contributed by atoms with E-state index in [1.807, 2.05) is 19.1 Å². The Morgan fingerprint density at radius 2 is 1.85 bits per heavy atom. The molecule has 0 aliphatic heterocycles. The zero-order valence-electron chi connectivity index (χ0n) is 11.3. The van der Waals surface area contributed by atoms with Gasteiger partial charge in [0.1, 0.15) is 5.75 Å². The topological polar surface area (TPSA) is 81.4 Å². The lowest BCUT2D eigenvalue weighted by molar-refractivity contribution is 0.415. The van der Waals surface area contributed by atoms with E-state index in [9.17, 15) is 8.42 Å². The fourth-order valence-corrected chi connectivity index (χ4v) is 2.90. The number of sulfonamides is 1. The zero-order chi connectivity index (χ0) is 14.8. The second kappa shape index (κ2) is 5.42. The lowest BCUT2D eigenvalue weighted by atomic mass is 10.2. The van der Waals surface area contributed by atoms with Gasteiger partial charge in [0, 0.05) is 6.07 Å². The van der Waals surface area contributed by atoms with Crippen molar-refractivity contribution in [2.45, 2.75) is 11.8 Å². The van der Waals surface area contributed by atoms with Crippen LogP contribution in [0, 0.1) is 6.92 Å². The van der Waals surface area contributed by atoms with Crippen molar-refractivity contribution < 1.29 is 13.2 Å². The molecule has 0 aromatic heterocycles. The Balaban J connectivity index is 2.38. The standard InChI is InChI=1S/C14H16N2O3S/c1-10-5-3-4-6-13(10)16-20(17,18)11-7-8-12(15)14(9-11)19-2/h3-9,16H,15H2,1-2H3. The third-order valence-corrected chi connectivity index (χ3v) is 4.27. The molecule has 0 aliphatic rings. The number of hydrogen-bond acceptors (Lipinski definition) is 4. The average Bonchev–Trinajstić information content (AvgIpc) is 2.41. The summed E-state index contributed by atoms with van der Waals surface area (Å²) in [5, 5.41) is 0. The van der Waals surface area contributed by atoms with Crippen molar-refractivity contribution in [3.05, 3.63) is 48.0 Å². The van der Waals surface area contributed by atoms with Gasteiger partial charge in [0.25, 0.3) is 10.0 Å². The van der Waals surface area contributed by atoms with E-state index in [2.05, 4.69) is 4.72 Å². The molecule has 0 radical (unpaired) electrons. The Bertz CT molecular complexity index is 727. The molecule has 0 fully saturated rings. The molecule has 0 unspecified atom stereocenters. The van der Waals surface area contributed by atoms with Crippen LogP contribution in [0.15, 0.2) is 47.4 Å². The molecule has 20 heavy (non-hydrogen) atoms. The van der Waals surface area contributed by atoms with Gasteiger partial charge in [-0.1, -0.05) is 18.2 Å². The van der Waals surface area contributed by atoms with Crippen LogP contribution in [0.25, 0.3) is 0 Å². The van der Waals surface area contributed by atoms with E-state index >= 15 is 0 Å². The first-order chi connectivity index (χ1) is 9.44. The molecule has 2 rings (SSSR count). The van der Waals surface area contributed by atoms with Crippen LogP contribution in [-0.2, 0) is 10.0 Å². The summed E-state index contributed by atoms with van der Waals surface area (Å²) in [6, 6.07) is 11.5. The minimum atomic E-state index is -3.67. The van der Waals surface area contributed by atoms with Crippen LogP contribution >= 0.6 is 0 Å².